The molecule has 1 aliphatic heterocycles. The number of carboxylic acids is 1. The van der Waals surface area contributed by atoms with Crippen molar-refractivity contribution in [1.29, 1.82) is 0 Å². The van der Waals surface area contributed by atoms with Crippen molar-refractivity contribution in [2.75, 3.05) is 12.1 Å². The zero-order chi connectivity index (χ0) is 14.1. The van der Waals surface area contributed by atoms with Gasteiger partial charge in [0.15, 0.2) is 11.5 Å². The van der Waals surface area contributed by atoms with Crippen LogP contribution in [0.5, 0.6) is 11.5 Å². The Labute approximate surface area is 118 Å². The Bertz CT molecular complexity index is 690. The zero-order valence-electron chi connectivity index (χ0n) is 10.1. The summed E-state index contributed by atoms with van der Waals surface area (Å²) < 4.78 is 10.5. The second-order valence-corrected chi connectivity index (χ2v) is 4.45. The molecule has 0 radical (unpaired) electrons. The number of aromatic nitrogens is 1. The Morgan fingerprint density at radius 2 is 2.05 bits per heavy atom. The van der Waals surface area contributed by atoms with Crippen LogP contribution in [0.15, 0.2) is 30.3 Å². The lowest BCUT2D eigenvalue weighted by atomic mass is 10.2. The molecule has 0 amide bonds. The van der Waals surface area contributed by atoms with Gasteiger partial charge < -0.3 is 19.9 Å². The summed E-state index contributed by atoms with van der Waals surface area (Å²) in [7, 11) is 0. The molecule has 0 atom stereocenters. The molecule has 1 aliphatic rings. The molecule has 20 heavy (non-hydrogen) atoms. The maximum Gasteiger partial charge on any atom is 0.335 e. The fourth-order valence-electron chi connectivity index (χ4n) is 1.81. The maximum absolute atomic E-state index is 11.0. The summed E-state index contributed by atoms with van der Waals surface area (Å²) in [6.07, 6.45) is 0. The molecule has 0 saturated carbocycles. The first-order valence-corrected chi connectivity index (χ1v) is 6.07. The number of hydrogen-bond donors (Lipinski definition) is 2. The molecular weight excluding hydrogens is 284 g/mol. The standard InChI is InChI=1S/C13H9ClN2O4/c14-11-3-7(13(17)18)4-12(16-11)15-8-1-2-9-10(5-8)20-6-19-9/h1-5H,6H2,(H,15,16)(H,17,18). The number of pyridine rings is 1. The summed E-state index contributed by atoms with van der Waals surface area (Å²) in [5.74, 6) is 0.563. The third kappa shape index (κ3) is 2.46. The number of rotatable bonds is 3. The predicted octanol–water partition coefficient (Wildman–Crippen LogP) is 2.91. The van der Waals surface area contributed by atoms with Gasteiger partial charge in [-0.15, -0.1) is 0 Å². The van der Waals surface area contributed by atoms with E-state index in [1.807, 2.05) is 0 Å². The molecule has 0 unspecified atom stereocenters. The summed E-state index contributed by atoms with van der Waals surface area (Å²) >= 11 is 5.79. The van der Waals surface area contributed by atoms with Crippen LogP contribution in [-0.4, -0.2) is 22.9 Å². The lowest BCUT2D eigenvalue weighted by molar-refractivity contribution is 0.0697. The highest BCUT2D eigenvalue weighted by Gasteiger charge is 2.14. The lowest BCUT2D eigenvalue weighted by Crippen LogP contribution is -2.00. The smallest absolute Gasteiger partial charge is 0.335 e. The molecule has 2 aromatic rings. The van der Waals surface area contributed by atoms with Crippen molar-refractivity contribution in [1.82, 2.24) is 4.98 Å². The molecule has 6 nitrogen and oxygen atoms in total. The molecule has 1 aromatic heterocycles. The van der Waals surface area contributed by atoms with Gasteiger partial charge in [-0.1, -0.05) is 11.6 Å². The molecule has 3 rings (SSSR count). The molecule has 0 bridgehead atoms. The maximum atomic E-state index is 11.0. The first kappa shape index (κ1) is 12.6. The number of nitrogens with one attached hydrogen (secondary N) is 1. The second-order valence-electron chi connectivity index (χ2n) is 4.06. The van der Waals surface area contributed by atoms with E-state index in [-0.39, 0.29) is 17.5 Å². The molecule has 0 spiro atoms. The lowest BCUT2D eigenvalue weighted by Gasteiger charge is -2.07. The molecule has 1 aromatic carbocycles. The number of hydrogen-bond acceptors (Lipinski definition) is 5. The highest BCUT2D eigenvalue weighted by Crippen LogP contribution is 2.35. The minimum Gasteiger partial charge on any atom is -0.478 e. The van der Waals surface area contributed by atoms with Gasteiger partial charge in [0.25, 0.3) is 0 Å². The molecule has 2 heterocycles. The van der Waals surface area contributed by atoms with Crippen LogP contribution < -0.4 is 14.8 Å². The zero-order valence-corrected chi connectivity index (χ0v) is 10.8. The van der Waals surface area contributed by atoms with Crippen LogP contribution in [0.25, 0.3) is 0 Å². The number of halogens is 1. The van der Waals surface area contributed by atoms with Crippen molar-refractivity contribution < 1.29 is 19.4 Å². The minimum atomic E-state index is -1.07. The Morgan fingerprint density at radius 1 is 1.25 bits per heavy atom. The first-order valence-electron chi connectivity index (χ1n) is 5.69. The average Bonchev–Trinajstić information content (AvgIpc) is 2.85. The average molecular weight is 293 g/mol. The molecule has 0 fully saturated rings. The van der Waals surface area contributed by atoms with E-state index in [2.05, 4.69) is 10.3 Å². The largest absolute Gasteiger partial charge is 0.478 e. The summed E-state index contributed by atoms with van der Waals surface area (Å²) in [6, 6.07) is 7.96. The van der Waals surface area contributed by atoms with Gasteiger partial charge in [0.05, 0.1) is 5.56 Å². The number of aromatic carboxylic acids is 1. The van der Waals surface area contributed by atoms with Crippen molar-refractivity contribution in [2.45, 2.75) is 0 Å². The summed E-state index contributed by atoms with van der Waals surface area (Å²) in [4.78, 5) is 15.0. The Kier molecular flexibility index (Phi) is 3.08. The van der Waals surface area contributed by atoms with Crippen LogP contribution in [-0.2, 0) is 0 Å². The van der Waals surface area contributed by atoms with Gasteiger partial charge >= 0.3 is 5.97 Å². The van der Waals surface area contributed by atoms with Gasteiger partial charge in [-0.05, 0) is 24.3 Å². The minimum absolute atomic E-state index is 0.0632. The third-order valence-electron chi connectivity index (χ3n) is 2.69. The van der Waals surface area contributed by atoms with Gasteiger partial charge in [-0.3, -0.25) is 0 Å². The van der Waals surface area contributed by atoms with Crippen molar-refractivity contribution >= 4 is 29.1 Å². The van der Waals surface area contributed by atoms with E-state index < -0.39 is 5.97 Å². The Hall–Kier alpha value is -2.47. The van der Waals surface area contributed by atoms with Crippen LogP contribution in [0, 0.1) is 0 Å². The highest BCUT2D eigenvalue weighted by atomic mass is 35.5. The molecule has 2 N–H and O–H groups in total. The SMILES string of the molecule is O=C(O)c1cc(Cl)nc(Nc2ccc3c(c2)OCO3)c1. The van der Waals surface area contributed by atoms with E-state index in [9.17, 15) is 4.79 Å². The van der Waals surface area contributed by atoms with Crippen LogP contribution in [0.2, 0.25) is 5.15 Å². The predicted molar refractivity (Wildman–Crippen MR) is 72.1 cm³/mol. The molecule has 102 valence electrons. The van der Waals surface area contributed by atoms with Crippen LogP contribution in [0.4, 0.5) is 11.5 Å². The molecule has 7 heteroatoms. The van der Waals surface area contributed by atoms with Gasteiger partial charge in [0.2, 0.25) is 6.79 Å². The van der Waals surface area contributed by atoms with Crippen molar-refractivity contribution in [3.63, 3.8) is 0 Å². The number of anilines is 2. The summed E-state index contributed by atoms with van der Waals surface area (Å²) in [6.45, 7) is 0.192. The van der Waals surface area contributed by atoms with Crippen LogP contribution >= 0.6 is 11.6 Å². The van der Waals surface area contributed by atoms with E-state index in [1.165, 1.54) is 12.1 Å². The highest BCUT2D eigenvalue weighted by molar-refractivity contribution is 6.29. The number of ether oxygens (including phenoxy) is 2. The molecular formula is C13H9ClN2O4. The normalized spacial score (nSPS) is 12.2. The van der Waals surface area contributed by atoms with Gasteiger partial charge in [-0.2, -0.15) is 0 Å². The van der Waals surface area contributed by atoms with Crippen molar-refractivity contribution in [3.8, 4) is 11.5 Å². The number of fused-ring (bicyclic) bond motifs is 1. The van der Waals surface area contributed by atoms with Crippen molar-refractivity contribution in [2.24, 2.45) is 0 Å². The van der Waals surface area contributed by atoms with Gasteiger partial charge in [-0.25, -0.2) is 9.78 Å². The first-order chi connectivity index (χ1) is 9.61. The van der Waals surface area contributed by atoms with E-state index in [0.29, 0.717) is 23.0 Å². The number of benzene rings is 1. The number of carboxylic acid groups (broad SMARTS) is 1. The van der Waals surface area contributed by atoms with Crippen LogP contribution in [0.3, 0.4) is 0 Å². The van der Waals surface area contributed by atoms with E-state index in [4.69, 9.17) is 26.2 Å². The Morgan fingerprint density at radius 3 is 2.85 bits per heavy atom. The topological polar surface area (TPSA) is 80.7 Å². The van der Waals surface area contributed by atoms with Crippen LogP contribution in [0.1, 0.15) is 10.4 Å². The van der Waals surface area contributed by atoms with E-state index in [1.54, 1.807) is 18.2 Å². The summed E-state index contributed by atoms with van der Waals surface area (Å²) in [5, 5.41) is 12.1. The summed E-state index contributed by atoms with van der Waals surface area (Å²) in [5.41, 5.74) is 0.758. The second kappa shape index (κ2) is 4.90. The van der Waals surface area contributed by atoms with Gasteiger partial charge in [0.1, 0.15) is 11.0 Å². The molecule has 0 aliphatic carbocycles. The Balaban J connectivity index is 1.89. The van der Waals surface area contributed by atoms with Crippen molar-refractivity contribution in [3.05, 3.63) is 41.0 Å². The monoisotopic (exact) mass is 292 g/mol. The third-order valence-corrected chi connectivity index (χ3v) is 2.88. The number of nitrogens with zero attached hydrogens (tertiary/aromatic N) is 1. The fourth-order valence-corrected chi connectivity index (χ4v) is 2.02. The quantitative estimate of drug-likeness (QED) is 0.847. The number of carbonyl (C=O) groups is 1. The fraction of sp³-hybridized carbons (Fsp3) is 0.0769. The van der Waals surface area contributed by atoms with E-state index in [0.717, 1.165) is 0 Å². The van der Waals surface area contributed by atoms with Gasteiger partial charge in [0, 0.05) is 11.8 Å². The molecule has 0 saturated heterocycles. The van der Waals surface area contributed by atoms with E-state index >= 15 is 0 Å².